The molecule has 0 heterocycles. The summed E-state index contributed by atoms with van der Waals surface area (Å²) in [5.74, 6) is 1.04. The quantitative estimate of drug-likeness (QED) is 0.813. The second-order valence-electron chi connectivity index (χ2n) is 5.10. The van der Waals surface area contributed by atoms with Crippen molar-refractivity contribution < 1.29 is 4.74 Å². The minimum atomic E-state index is 0.289. The van der Waals surface area contributed by atoms with Gasteiger partial charge in [-0.1, -0.05) is 24.6 Å². The molecule has 1 aliphatic carbocycles. The predicted molar refractivity (Wildman–Crippen MR) is 71.4 cm³/mol. The molecule has 0 aromatic heterocycles. The van der Waals surface area contributed by atoms with E-state index in [1.54, 1.807) is 0 Å². The number of aryl methyl sites for hydroxylation is 1. The first-order valence-corrected chi connectivity index (χ1v) is 6.68. The van der Waals surface area contributed by atoms with Crippen LogP contribution in [0.5, 0.6) is 5.75 Å². The van der Waals surface area contributed by atoms with Gasteiger partial charge in [0.1, 0.15) is 5.75 Å². The number of ether oxygens (including phenoxy) is 1. The lowest BCUT2D eigenvalue weighted by atomic mass is 10.1. The number of hydrogen-bond acceptors (Lipinski definition) is 2. The average Bonchev–Trinajstić information content (AvgIpc) is 3.13. The van der Waals surface area contributed by atoms with Gasteiger partial charge < -0.3 is 10.1 Å². The monoisotopic (exact) mass is 233 g/mol. The van der Waals surface area contributed by atoms with Crippen LogP contribution >= 0.6 is 0 Å². The number of rotatable bonds is 6. The van der Waals surface area contributed by atoms with Crippen molar-refractivity contribution in [1.29, 1.82) is 0 Å². The van der Waals surface area contributed by atoms with E-state index in [4.69, 9.17) is 4.74 Å². The number of benzene rings is 1. The molecule has 17 heavy (non-hydrogen) atoms. The summed E-state index contributed by atoms with van der Waals surface area (Å²) in [6, 6.07) is 7.20. The van der Waals surface area contributed by atoms with Crippen molar-refractivity contribution in [3.63, 3.8) is 0 Å². The van der Waals surface area contributed by atoms with Gasteiger partial charge in [0, 0.05) is 18.2 Å². The molecule has 1 fully saturated rings. The second-order valence-corrected chi connectivity index (χ2v) is 5.10. The highest BCUT2D eigenvalue weighted by Crippen LogP contribution is 2.24. The van der Waals surface area contributed by atoms with Gasteiger partial charge in [0.05, 0.1) is 6.10 Å². The fraction of sp³-hybridized carbons (Fsp3) is 0.600. The van der Waals surface area contributed by atoms with E-state index in [0.29, 0.717) is 0 Å². The first-order chi connectivity index (χ1) is 8.19. The molecular weight excluding hydrogens is 210 g/mol. The topological polar surface area (TPSA) is 21.3 Å². The Morgan fingerprint density at radius 3 is 2.82 bits per heavy atom. The summed E-state index contributed by atoms with van der Waals surface area (Å²) >= 11 is 0. The molecule has 94 valence electrons. The molecule has 2 nitrogen and oxygen atoms in total. The average molecular weight is 233 g/mol. The molecule has 1 N–H and O–H groups in total. The Kier molecular flexibility index (Phi) is 4.06. The predicted octanol–water partition coefficient (Wildman–Crippen LogP) is 3.42. The van der Waals surface area contributed by atoms with Gasteiger partial charge in [-0.05, 0) is 39.2 Å². The summed E-state index contributed by atoms with van der Waals surface area (Å²) in [6.45, 7) is 7.34. The molecule has 0 saturated heterocycles. The first-order valence-electron chi connectivity index (χ1n) is 6.68. The van der Waals surface area contributed by atoms with Crippen LogP contribution < -0.4 is 10.1 Å². The molecule has 0 radical (unpaired) electrons. The Labute approximate surface area is 104 Å². The highest BCUT2D eigenvalue weighted by molar-refractivity contribution is 5.37. The zero-order valence-corrected chi connectivity index (χ0v) is 11.1. The van der Waals surface area contributed by atoms with Crippen LogP contribution in [0.25, 0.3) is 0 Å². The van der Waals surface area contributed by atoms with Crippen LogP contribution in [-0.4, -0.2) is 12.1 Å². The van der Waals surface area contributed by atoms with Crippen molar-refractivity contribution in [1.82, 2.24) is 5.32 Å². The summed E-state index contributed by atoms with van der Waals surface area (Å²) in [4.78, 5) is 0. The third-order valence-corrected chi connectivity index (χ3v) is 3.28. The van der Waals surface area contributed by atoms with Crippen LogP contribution in [0.1, 0.15) is 44.2 Å². The van der Waals surface area contributed by atoms with Crippen LogP contribution in [0.2, 0.25) is 0 Å². The maximum Gasteiger partial charge on any atom is 0.124 e. The normalized spacial score (nSPS) is 16.9. The van der Waals surface area contributed by atoms with E-state index in [2.05, 4.69) is 44.3 Å². The van der Waals surface area contributed by atoms with Crippen molar-refractivity contribution in [2.75, 3.05) is 0 Å². The minimum Gasteiger partial charge on any atom is -0.490 e. The summed E-state index contributed by atoms with van der Waals surface area (Å²) in [5.41, 5.74) is 2.59. The van der Waals surface area contributed by atoms with Crippen LogP contribution in [0.3, 0.4) is 0 Å². The molecular formula is C15H23NO. The molecule has 0 spiro atoms. The van der Waals surface area contributed by atoms with Crippen LogP contribution in [0.4, 0.5) is 0 Å². The molecule has 0 aliphatic heterocycles. The summed E-state index contributed by atoms with van der Waals surface area (Å²) in [7, 11) is 0. The van der Waals surface area contributed by atoms with Gasteiger partial charge in [0.2, 0.25) is 0 Å². The molecule has 0 bridgehead atoms. The van der Waals surface area contributed by atoms with Gasteiger partial charge in [0.15, 0.2) is 0 Å². The van der Waals surface area contributed by atoms with Gasteiger partial charge in [-0.15, -0.1) is 0 Å². The molecule has 2 rings (SSSR count). The smallest absolute Gasteiger partial charge is 0.124 e. The molecule has 2 heteroatoms. The van der Waals surface area contributed by atoms with Crippen molar-refractivity contribution in [2.45, 2.75) is 58.7 Å². The Bertz CT molecular complexity index is 371. The van der Waals surface area contributed by atoms with Gasteiger partial charge in [0.25, 0.3) is 0 Å². The summed E-state index contributed by atoms with van der Waals surface area (Å²) < 4.78 is 5.96. The molecule has 1 aliphatic rings. The van der Waals surface area contributed by atoms with Crippen molar-refractivity contribution in [3.05, 3.63) is 29.3 Å². The van der Waals surface area contributed by atoms with Crippen LogP contribution in [0.15, 0.2) is 18.2 Å². The molecule has 1 aromatic carbocycles. The number of hydrogen-bond donors (Lipinski definition) is 1. The van der Waals surface area contributed by atoms with Crippen molar-refractivity contribution in [3.8, 4) is 5.75 Å². The zero-order chi connectivity index (χ0) is 12.3. The number of nitrogens with one attached hydrogen (secondary N) is 1. The van der Waals surface area contributed by atoms with Crippen LogP contribution in [0, 0.1) is 6.92 Å². The standard InChI is InChI=1S/C15H23NO/c1-4-12(3)17-15-8-5-11(2)9-13(15)10-16-14-6-7-14/h5,8-9,12,14,16H,4,6-7,10H2,1-3H3. The lowest BCUT2D eigenvalue weighted by Gasteiger charge is -2.17. The Morgan fingerprint density at radius 2 is 2.18 bits per heavy atom. The van der Waals surface area contributed by atoms with E-state index < -0.39 is 0 Å². The van der Waals surface area contributed by atoms with E-state index in [9.17, 15) is 0 Å². The maximum atomic E-state index is 5.96. The van der Waals surface area contributed by atoms with E-state index in [-0.39, 0.29) is 6.10 Å². The summed E-state index contributed by atoms with van der Waals surface area (Å²) in [6.07, 6.45) is 3.99. The first kappa shape index (κ1) is 12.4. The molecule has 1 aromatic rings. The minimum absolute atomic E-state index is 0.289. The SMILES string of the molecule is CCC(C)Oc1ccc(C)cc1CNC1CC1. The molecule has 1 saturated carbocycles. The fourth-order valence-electron chi connectivity index (χ4n) is 1.80. The zero-order valence-electron chi connectivity index (χ0n) is 11.1. The lowest BCUT2D eigenvalue weighted by molar-refractivity contribution is 0.215. The highest BCUT2D eigenvalue weighted by Gasteiger charge is 2.20. The summed E-state index contributed by atoms with van der Waals surface area (Å²) in [5, 5.41) is 3.55. The lowest BCUT2D eigenvalue weighted by Crippen LogP contribution is -2.18. The highest BCUT2D eigenvalue weighted by atomic mass is 16.5. The van der Waals surface area contributed by atoms with E-state index in [0.717, 1.165) is 24.8 Å². The molecule has 1 atom stereocenters. The van der Waals surface area contributed by atoms with E-state index >= 15 is 0 Å². The van der Waals surface area contributed by atoms with E-state index in [1.165, 1.54) is 24.0 Å². The second kappa shape index (κ2) is 5.54. The van der Waals surface area contributed by atoms with Gasteiger partial charge >= 0.3 is 0 Å². The van der Waals surface area contributed by atoms with Gasteiger partial charge in [-0.2, -0.15) is 0 Å². The largest absolute Gasteiger partial charge is 0.490 e. The Balaban J connectivity index is 2.05. The third-order valence-electron chi connectivity index (χ3n) is 3.28. The van der Waals surface area contributed by atoms with Gasteiger partial charge in [-0.3, -0.25) is 0 Å². The maximum absolute atomic E-state index is 5.96. The van der Waals surface area contributed by atoms with Gasteiger partial charge in [-0.25, -0.2) is 0 Å². The third kappa shape index (κ3) is 3.74. The van der Waals surface area contributed by atoms with Crippen molar-refractivity contribution >= 4 is 0 Å². The Hall–Kier alpha value is -1.02. The Morgan fingerprint density at radius 1 is 1.41 bits per heavy atom. The fourth-order valence-corrected chi connectivity index (χ4v) is 1.80. The molecule has 1 unspecified atom stereocenters. The van der Waals surface area contributed by atoms with E-state index in [1.807, 2.05) is 0 Å². The van der Waals surface area contributed by atoms with Crippen molar-refractivity contribution in [2.24, 2.45) is 0 Å². The van der Waals surface area contributed by atoms with Crippen LogP contribution in [-0.2, 0) is 6.54 Å². The molecule has 0 amide bonds.